The van der Waals surface area contributed by atoms with E-state index >= 15 is 0 Å². The van der Waals surface area contributed by atoms with Gasteiger partial charge in [0, 0.05) is 18.3 Å². The molecular formula is C12H19N2O3P. The summed E-state index contributed by atoms with van der Waals surface area (Å²) in [5.74, 6) is 0. The van der Waals surface area contributed by atoms with Crippen LogP contribution in [0.1, 0.15) is 13.3 Å². The maximum atomic E-state index is 11.1. The zero-order valence-electron chi connectivity index (χ0n) is 10.5. The first-order valence-electron chi connectivity index (χ1n) is 5.93. The van der Waals surface area contributed by atoms with Gasteiger partial charge in [0.2, 0.25) is 0 Å². The van der Waals surface area contributed by atoms with E-state index in [1.807, 2.05) is 18.0 Å². The molecule has 4 unspecified atom stereocenters. The highest BCUT2D eigenvalue weighted by atomic mass is 31.1. The van der Waals surface area contributed by atoms with Crippen LogP contribution in [-0.2, 0) is 9.30 Å². The quantitative estimate of drug-likeness (QED) is 0.749. The van der Waals surface area contributed by atoms with E-state index in [4.69, 9.17) is 4.74 Å². The first-order valence-corrected chi connectivity index (χ1v) is 7.56. The second-order valence-electron chi connectivity index (χ2n) is 4.74. The van der Waals surface area contributed by atoms with Crippen molar-refractivity contribution in [1.29, 1.82) is 0 Å². The van der Waals surface area contributed by atoms with Gasteiger partial charge in [-0.05, 0) is 18.8 Å². The van der Waals surface area contributed by atoms with Crippen molar-refractivity contribution >= 4 is 13.7 Å². The second-order valence-corrected chi connectivity index (χ2v) is 6.07. The molecule has 0 saturated carbocycles. The first-order chi connectivity index (χ1) is 8.47. The van der Waals surface area contributed by atoms with E-state index in [1.165, 1.54) is 0 Å². The highest BCUT2D eigenvalue weighted by Gasteiger charge is 2.37. The fourth-order valence-electron chi connectivity index (χ4n) is 2.17. The molecule has 0 aromatic rings. The summed E-state index contributed by atoms with van der Waals surface area (Å²) in [6.45, 7) is 6.46. The Hall–Kier alpha value is -1.03. The van der Waals surface area contributed by atoms with Gasteiger partial charge < -0.3 is 20.1 Å². The van der Waals surface area contributed by atoms with Gasteiger partial charge in [-0.3, -0.25) is 4.57 Å². The van der Waals surface area contributed by atoms with Crippen LogP contribution in [-0.4, -0.2) is 47.6 Å². The molecule has 0 bridgehead atoms. The Balaban J connectivity index is 2.02. The topological polar surface area (TPSA) is 61.8 Å². The molecule has 2 heterocycles. The Kier molecular flexibility index (Phi) is 3.95. The summed E-state index contributed by atoms with van der Waals surface area (Å²) in [7, 11) is -1.54. The molecule has 0 spiro atoms. The van der Waals surface area contributed by atoms with Crippen molar-refractivity contribution in [1.82, 2.24) is 10.2 Å². The van der Waals surface area contributed by atoms with Crippen LogP contribution in [0.15, 0.2) is 24.0 Å². The number of rotatable bonds is 3. The lowest BCUT2D eigenvalue weighted by Gasteiger charge is -2.32. The lowest BCUT2D eigenvalue weighted by atomic mass is 10.2. The summed E-state index contributed by atoms with van der Waals surface area (Å²) < 4.78 is 16.9. The Bertz CT molecular complexity index is 437. The number of aliphatic hydroxyl groups excluding tert-OH is 1. The van der Waals surface area contributed by atoms with Crippen LogP contribution >= 0.6 is 7.42 Å². The molecule has 2 N–H and O–H groups in total. The molecule has 1 saturated heterocycles. The van der Waals surface area contributed by atoms with Gasteiger partial charge in [-0.2, -0.15) is 0 Å². The molecule has 0 aliphatic carbocycles. The van der Waals surface area contributed by atoms with Crippen LogP contribution in [0.3, 0.4) is 0 Å². The number of hydrogen-bond acceptors (Lipinski definition) is 5. The third-order valence-electron chi connectivity index (χ3n) is 3.27. The van der Waals surface area contributed by atoms with Gasteiger partial charge in [-0.25, -0.2) is 0 Å². The molecular weight excluding hydrogens is 251 g/mol. The zero-order chi connectivity index (χ0) is 13.3. The Morgan fingerprint density at radius 3 is 3.06 bits per heavy atom. The van der Waals surface area contributed by atoms with Crippen LogP contribution in [0, 0.1) is 0 Å². The Labute approximate surface area is 108 Å². The van der Waals surface area contributed by atoms with Crippen molar-refractivity contribution in [3.8, 4) is 0 Å². The average Bonchev–Trinajstić information content (AvgIpc) is 2.63. The van der Waals surface area contributed by atoms with Crippen molar-refractivity contribution in [2.75, 3.05) is 12.8 Å². The van der Waals surface area contributed by atoms with Gasteiger partial charge >= 0.3 is 0 Å². The minimum absolute atomic E-state index is 0.185. The molecule has 0 aromatic carbocycles. The summed E-state index contributed by atoms with van der Waals surface area (Å²) in [4.78, 5) is 1.99. The fourth-order valence-corrected chi connectivity index (χ4v) is 2.90. The van der Waals surface area contributed by atoms with Gasteiger partial charge in [0.05, 0.1) is 32.5 Å². The number of nitrogens with one attached hydrogen (secondary N) is 1. The van der Waals surface area contributed by atoms with Gasteiger partial charge in [-0.1, -0.05) is 6.58 Å². The van der Waals surface area contributed by atoms with Crippen molar-refractivity contribution in [3.63, 3.8) is 0 Å². The SMILES string of the molecule is C=C1NCN(C2CC(O)C(CP(=C)=O)O2)C=C1C. The van der Waals surface area contributed by atoms with Gasteiger partial charge in [0.15, 0.2) is 0 Å². The van der Waals surface area contributed by atoms with E-state index in [9.17, 15) is 9.67 Å². The molecule has 100 valence electrons. The fraction of sp³-hybridized carbons (Fsp3) is 0.583. The minimum atomic E-state index is -1.54. The molecule has 2 aliphatic heterocycles. The highest BCUT2D eigenvalue weighted by molar-refractivity contribution is 7.43. The monoisotopic (exact) mass is 270 g/mol. The molecule has 2 aliphatic rings. The largest absolute Gasteiger partial charge is 0.390 e. The number of hydrogen-bond donors (Lipinski definition) is 2. The number of ether oxygens (including phenoxy) is 1. The summed E-state index contributed by atoms with van der Waals surface area (Å²) >= 11 is 0. The summed E-state index contributed by atoms with van der Waals surface area (Å²) in [6.07, 6.45) is 5.13. The number of allylic oxidation sites excluding steroid dienone is 1. The predicted octanol–water partition coefficient (Wildman–Crippen LogP) is 1.00. The third kappa shape index (κ3) is 2.86. The molecule has 5 nitrogen and oxygen atoms in total. The van der Waals surface area contributed by atoms with E-state index in [0.717, 1.165) is 11.3 Å². The normalized spacial score (nSPS) is 33.1. The molecule has 0 aromatic heterocycles. The average molecular weight is 270 g/mol. The van der Waals surface area contributed by atoms with E-state index in [1.54, 1.807) is 0 Å². The molecule has 2 rings (SSSR count). The van der Waals surface area contributed by atoms with Crippen molar-refractivity contribution in [2.45, 2.75) is 31.8 Å². The lowest BCUT2D eigenvalue weighted by molar-refractivity contribution is -0.0378. The van der Waals surface area contributed by atoms with E-state index in [2.05, 4.69) is 18.2 Å². The summed E-state index contributed by atoms with van der Waals surface area (Å²) in [6, 6.07) is 0. The van der Waals surface area contributed by atoms with Gasteiger partial charge in [0.1, 0.15) is 6.23 Å². The Morgan fingerprint density at radius 2 is 2.44 bits per heavy atom. The standard InChI is InChI=1S/C12H19N2O3P/c1-8-5-14(7-13-9(8)2)12-4-10(15)11(17-12)6-18(3)16/h5,10-13,15H,2-4,6-7H2,1H3. The Morgan fingerprint density at radius 1 is 1.72 bits per heavy atom. The van der Waals surface area contributed by atoms with Crippen molar-refractivity contribution in [3.05, 3.63) is 24.0 Å². The second kappa shape index (κ2) is 5.31. The lowest BCUT2D eigenvalue weighted by Crippen LogP contribution is -2.41. The first kappa shape index (κ1) is 13.4. The number of aliphatic hydroxyl groups is 1. The summed E-state index contributed by atoms with van der Waals surface area (Å²) in [5.41, 5.74) is 1.95. The van der Waals surface area contributed by atoms with Gasteiger partial charge in [-0.15, -0.1) is 0 Å². The van der Waals surface area contributed by atoms with Crippen molar-refractivity contribution < 1.29 is 14.4 Å². The van der Waals surface area contributed by atoms with Gasteiger partial charge in [0.25, 0.3) is 0 Å². The molecule has 0 amide bonds. The molecule has 4 atom stereocenters. The van der Waals surface area contributed by atoms with Crippen molar-refractivity contribution in [2.24, 2.45) is 0 Å². The van der Waals surface area contributed by atoms with Crippen LogP contribution in [0.4, 0.5) is 0 Å². The maximum absolute atomic E-state index is 11.1. The van der Waals surface area contributed by atoms with Crippen LogP contribution in [0.2, 0.25) is 0 Å². The maximum Gasteiger partial charge on any atom is 0.134 e. The summed E-state index contributed by atoms with van der Waals surface area (Å²) in [5, 5.41) is 13.1. The zero-order valence-corrected chi connectivity index (χ0v) is 11.4. The van der Waals surface area contributed by atoms with E-state index < -0.39 is 13.5 Å². The smallest absolute Gasteiger partial charge is 0.134 e. The third-order valence-corrected chi connectivity index (χ3v) is 4.04. The number of nitrogens with zero attached hydrogens (tertiary/aromatic N) is 1. The molecule has 18 heavy (non-hydrogen) atoms. The van der Waals surface area contributed by atoms with Crippen LogP contribution < -0.4 is 5.32 Å². The van der Waals surface area contributed by atoms with E-state index in [-0.39, 0.29) is 12.3 Å². The van der Waals surface area contributed by atoms with Crippen LogP contribution in [0.5, 0.6) is 0 Å². The minimum Gasteiger partial charge on any atom is -0.390 e. The highest BCUT2D eigenvalue weighted by Crippen LogP contribution is 2.28. The van der Waals surface area contributed by atoms with E-state index in [0.29, 0.717) is 19.3 Å². The van der Waals surface area contributed by atoms with Crippen LogP contribution in [0.25, 0.3) is 0 Å². The predicted molar refractivity (Wildman–Crippen MR) is 71.6 cm³/mol. The molecule has 0 radical (unpaired) electrons. The molecule has 1 fully saturated rings. The molecule has 6 heteroatoms.